The van der Waals surface area contributed by atoms with Crippen LogP contribution in [-0.2, 0) is 12.8 Å². The first-order chi connectivity index (χ1) is 12.7. The van der Waals surface area contributed by atoms with E-state index >= 15 is 0 Å². The van der Waals surface area contributed by atoms with Crippen molar-refractivity contribution in [3.63, 3.8) is 0 Å². The van der Waals surface area contributed by atoms with Crippen LogP contribution in [0.4, 0.5) is 0 Å². The molecule has 0 spiro atoms. The van der Waals surface area contributed by atoms with Crippen molar-refractivity contribution in [1.29, 1.82) is 0 Å². The fourth-order valence-corrected chi connectivity index (χ4v) is 4.18. The summed E-state index contributed by atoms with van der Waals surface area (Å²) in [5.41, 5.74) is 1.14. The van der Waals surface area contributed by atoms with Crippen molar-refractivity contribution < 1.29 is 4.42 Å². The van der Waals surface area contributed by atoms with E-state index in [-0.39, 0.29) is 0 Å². The molecule has 0 atom stereocenters. The Hall–Kier alpha value is -1.82. The van der Waals surface area contributed by atoms with Crippen molar-refractivity contribution in [1.82, 2.24) is 15.6 Å². The molecule has 2 aromatic rings. The number of aliphatic imine (C=N–C) groups is 1. The maximum atomic E-state index is 5.41. The van der Waals surface area contributed by atoms with Gasteiger partial charge in [-0.05, 0) is 38.8 Å². The normalized spacial score (nSPS) is 16.0. The molecule has 1 fully saturated rings. The molecule has 2 heterocycles. The van der Waals surface area contributed by atoms with E-state index in [0.29, 0.717) is 6.04 Å². The van der Waals surface area contributed by atoms with Crippen LogP contribution >= 0.6 is 11.3 Å². The van der Waals surface area contributed by atoms with Crippen molar-refractivity contribution in [2.24, 2.45) is 4.99 Å². The minimum Gasteiger partial charge on any atom is -0.469 e. The smallest absolute Gasteiger partial charge is 0.191 e. The lowest BCUT2D eigenvalue weighted by Crippen LogP contribution is -2.45. The number of hydrogen-bond acceptors (Lipinski definition) is 4. The van der Waals surface area contributed by atoms with Crippen LogP contribution in [0.25, 0.3) is 0 Å². The lowest BCUT2D eigenvalue weighted by atomic mass is 9.96. The van der Waals surface area contributed by atoms with Gasteiger partial charge in [-0.25, -0.2) is 4.98 Å². The zero-order valence-corrected chi connectivity index (χ0v) is 16.7. The molecule has 0 amide bonds. The number of thiazole rings is 1. The van der Waals surface area contributed by atoms with Crippen molar-refractivity contribution in [2.75, 3.05) is 13.1 Å². The SMILES string of the molecule is Cc1nc(CCN=C(NCCc2ccco2)NC2CCCCC2)sc1C. The van der Waals surface area contributed by atoms with Crippen molar-refractivity contribution in [3.8, 4) is 0 Å². The van der Waals surface area contributed by atoms with Gasteiger partial charge in [-0.15, -0.1) is 11.3 Å². The summed E-state index contributed by atoms with van der Waals surface area (Å²) < 4.78 is 5.41. The van der Waals surface area contributed by atoms with Crippen LogP contribution in [0.2, 0.25) is 0 Å². The van der Waals surface area contributed by atoms with Crippen LogP contribution in [0, 0.1) is 13.8 Å². The Labute approximate surface area is 160 Å². The zero-order valence-electron chi connectivity index (χ0n) is 15.9. The van der Waals surface area contributed by atoms with E-state index in [1.807, 2.05) is 12.1 Å². The number of nitrogens with zero attached hydrogens (tertiary/aromatic N) is 2. The third-order valence-electron chi connectivity index (χ3n) is 4.86. The molecule has 142 valence electrons. The Morgan fingerprint density at radius 1 is 1.27 bits per heavy atom. The van der Waals surface area contributed by atoms with E-state index in [1.54, 1.807) is 17.6 Å². The Kier molecular flexibility index (Phi) is 7.12. The second-order valence-electron chi connectivity index (χ2n) is 6.96. The molecule has 1 saturated carbocycles. The van der Waals surface area contributed by atoms with Crippen molar-refractivity contribution in [3.05, 3.63) is 39.7 Å². The summed E-state index contributed by atoms with van der Waals surface area (Å²) in [7, 11) is 0. The van der Waals surface area contributed by atoms with Crippen molar-refractivity contribution in [2.45, 2.75) is 64.8 Å². The van der Waals surface area contributed by atoms with Gasteiger partial charge in [0.15, 0.2) is 5.96 Å². The Balaban J connectivity index is 1.53. The summed E-state index contributed by atoms with van der Waals surface area (Å²) in [6.45, 7) is 5.79. The Morgan fingerprint density at radius 2 is 2.12 bits per heavy atom. The molecule has 0 aliphatic heterocycles. The Bertz CT molecular complexity index is 667. The fraction of sp³-hybridized carbons (Fsp3) is 0.600. The minimum atomic E-state index is 0.544. The molecular formula is C20H30N4OS. The first-order valence-corrected chi connectivity index (χ1v) is 10.5. The highest BCUT2D eigenvalue weighted by Crippen LogP contribution is 2.18. The average Bonchev–Trinajstić information content (AvgIpc) is 3.26. The van der Waals surface area contributed by atoms with Gasteiger partial charge in [0, 0.05) is 36.9 Å². The summed E-state index contributed by atoms with van der Waals surface area (Å²) >= 11 is 1.78. The van der Waals surface area contributed by atoms with Crippen LogP contribution < -0.4 is 10.6 Å². The molecule has 0 bridgehead atoms. The van der Waals surface area contributed by atoms with Gasteiger partial charge in [0.1, 0.15) is 5.76 Å². The highest BCUT2D eigenvalue weighted by atomic mass is 32.1. The zero-order chi connectivity index (χ0) is 18.2. The fourth-order valence-electron chi connectivity index (χ4n) is 3.26. The number of hydrogen-bond donors (Lipinski definition) is 2. The minimum absolute atomic E-state index is 0.544. The van der Waals surface area contributed by atoms with Gasteiger partial charge in [-0.1, -0.05) is 19.3 Å². The second-order valence-corrected chi connectivity index (χ2v) is 8.25. The summed E-state index contributed by atoms with van der Waals surface area (Å²) in [4.78, 5) is 10.7. The number of nitrogens with one attached hydrogen (secondary N) is 2. The molecule has 6 heteroatoms. The molecule has 1 aliphatic carbocycles. The van der Waals surface area contributed by atoms with Gasteiger partial charge in [0.25, 0.3) is 0 Å². The number of furan rings is 1. The van der Waals surface area contributed by atoms with Gasteiger partial charge in [0.05, 0.1) is 17.0 Å². The molecule has 26 heavy (non-hydrogen) atoms. The standard InChI is InChI=1S/C20H30N4OS/c1-15-16(2)26-19(23-15)11-13-22-20(24-17-7-4-3-5-8-17)21-12-10-18-9-6-14-25-18/h6,9,14,17H,3-5,7-8,10-13H2,1-2H3,(H2,21,22,24). The van der Waals surface area contributed by atoms with Gasteiger partial charge in [0.2, 0.25) is 0 Å². The molecule has 0 saturated heterocycles. The first-order valence-electron chi connectivity index (χ1n) is 9.71. The van der Waals surface area contributed by atoms with E-state index in [9.17, 15) is 0 Å². The summed E-state index contributed by atoms with van der Waals surface area (Å²) in [5, 5.41) is 8.28. The molecule has 0 aromatic carbocycles. The largest absolute Gasteiger partial charge is 0.469 e. The third-order valence-corrected chi connectivity index (χ3v) is 5.99. The first kappa shape index (κ1) is 19.0. The van der Waals surface area contributed by atoms with Crippen LogP contribution in [0.15, 0.2) is 27.8 Å². The molecule has 1 aliphatic rings. The lowest BCUT2D eigenvalue weighted by molar-refractivity contribution is 0.409. The van der Waals surface area contributed by atoms with Gasteiger partial charge >= 0.3 is 0 Å². The van der Waals surface area contributed by atoms with Crippen LogP contribution in [-0.4, -0.2) is 30.1 Å². The van der Waals surface area contributed by atoms with Crippen LogP contribution in [0.5, 0.6) is 0 Å². The molecular weight excluding hydrogens is 344 g/mol. The Morgan fingerprint density at radius 3 is 2.81 bits per heavy atom. The van der Waals surface area contributed by atoms with Crippen molar-refractivity contribution >= 4 is 17.3 Å². The molecule has 3 rings (SSSR count). The topological polar surface area (TPSA) is 62.5 Å². The monoisotopic (exact) mass is 374 g/mol. The third kappa shape index (κ3) is 5.87. The quantitative estimate of drug-likeness (QED) is 0.568. The van der Waals surface area contributed by atoms with E-state index < -0.39 is 0 Å². The molecule has 0 radical (unpaired) electrons. The maximum Gasteiger partial charge on any atom is 0.191 e. The lowest BCUT2D eigenvalue weighted by Gasteiger charge is -2.25. The maximum absolute atomic E-state index is 5.41. The molecule has 2 N–H and O–H groups in total. The van der Waals surface area contributed by atoms with E-state index in [2.05, 4.69) is 29.5 Å². The predicted octanol–water partition coefficient (Wildman–Crippen LogP) is 4.01. The number of aromatic nitrogens is 1. The number of guanidine groups is 1. The highest BCUT2D eigenvalue weighted by molar-refractivity contribution is 7.11. The highest BCUT2D eigenvalue weighted by Gasteiger charge is 2.14. The molecule has 2 aromatic heterocycles. The summed E-state index contributed by atoms with van der Waals surface area (Å²) in [6.07, 6.45) is 9.96. The molecule has 0 unspecified atom stereocenters. The number of rotatable bonds is 7. The van der Waals surface area contributed by atoms with Gasteiger partial charge < -0.3 is 15.1 Å². The second kappa shape index (κ2) is 9.76. The number of aryl methyl sites for hydroxylation is 2. The van der Waals surface area contributed by atoms with E-state index in [0.717, 1.165) is 43.3 Å². The van der Waals surface area contributed by atoms with E-state index in [4.69, 9.17) is 9.41 Å². The predicted molar refractivity (Wildman–Crippen MR) is 108 cm³/mol. The van der Waals surface area contributed by atoms with Gasteiger partial charge in [-0.2, -0.15) is 0 Å². The summed E-state index contributed by atoms with van der Waals surface area (Å²) in [5.74, 6) is 1.93. The summed E-state index contributed by atoms with van der Waals surface area (Å²) in [6, 6.07) is 4.49. The average molecular weight is 375 g/mol. The molecule has 5 nitrogen and oxygen atoms in total. The van der Waals surface area contributed by atoms with Crippen LogP contribution in [0.3, 0.4) is 0 Å². The van der Waals surface area contributed by atoms with E-state index in [1.165, 1.54) is 42.0 Å². The van der Waals surface area contributed by atoms with Gasteiger partial charge in [-0.3, -0.25) is 4.99 Å². The van der Waals surface area contributed by atoms with Crippen LogP contribution in [0.1, 0.15) is 53.4 Å².